The van der Waals surface area contributed by atoms with Crippen molar-refractivity contribution in [2.45, 2.75) is 27.7 Å². The number of hydrogen-bond donors (Lipinski definition) is 0. The average Bonchev–Trinajstić information content (AvgIpc) is 3.01. The molecule has 0 aliphatic heterocycles. The van der Waals surface area contributed by atoms with Crippen LogP contribution >= 0.6 is 11.6 Å². The van der Waals surface area contributed by atoms with Crippen LogP contribution in [-0.4, -0.2) is 0 Å². The first-order chi connectivity index (χ1) is 12.5. The molecule has 4 aromatic rings. The molecule has 0 atom stereocenters. The quantitative estimate of drug-likeness (QED) is 0.357. The summed E-state index contributed by atoms with van der Waals surface area (Å²) in [6, 6.07) is 18.5. The molecule has 0 aliphatic rings. The topological polar surface area (TPSA) is 13.1 Å². The van der Waals surface area contributed by atoms with Crippen molar-refractivity contribution < 1.29 is 4.42 Å². The first kappa shape index (κ1) is 16.9. The Hall–Kier alpha value is -2.51. The van der Waals surface area contributed by atoms with E-state index in [1.54, 1.807) is 0 Å². The van der Waals surface area contributed by atoms with Crippen LogP contribution < -0.4 is 0 Å². The van der Waals surface area contributed by atoms with Gasteiger partial charge in [0.15, 0.2) is 0 Å². The molecular formula is C24H21ClO. The Morgan fingerprint density at radius 1 is 0.692 bits per heavy atom. The second-order valence-electron chi connectivity index (χ2n) is 6.95. The Kier molecular flexibility index (Phi) is 4.13. The number of aryl methyl sites for hydroxylation is 2. The zero-order chi connectivity index (χ0) is 18.4. The SMILES string of the molecule is Cc1cc(C)c(C)c(-c2oc(-c3ccc(Cl)cc3)c3ccccc23)c1C. The first-order valence-corrected chi connectivity index (χ1v) is 9.20. The van der Waals surface area contributed by atoms with E-state index in [-0.39, 0.29) is 0 Å². The van der Waals surface area contributed by atoms with Crippen molar-refractivity contribution >= 4 is 22.4 Å². The molecule has 0 spiro atoms. The van der Waals surface area contributed by atoms with Crippen molar-refractivity contribution in [1.82, 2.24) is 0 Å². The van der Waals surface area contributed by atoms with Crippen LogP contribution in [0.15, 0.2) is 59.0 Å². The summed E-state index contributed by atoms with van der Waals surface area (Å²) < 4.78 is 6.51. The first-order valence-electron chi connectivity index (χ1n) is 8.82. The van der Waals surface area contributed by atoms with E-state index >= 15 is 0 Å². The molecule has 1 heterocycles. The van der Waals surface area contributed by atoms with Gasteiger partial charge in [0, 0.05) is 26.9 Å². The van der Waals surface area contributed by atoms with Crippen LogP contribution in [-0.2, 0) is 0 Å². The van der Waals surface area contributed by atoms with E-state index in [1.807, 2.05) is 24.3 Å². The Morgan fingerprint density at radius 3 is 1.81 bits per heavy atom. The van der Waals surface area contributed by atoms with Gasteiger partial charge in [0.2, 0.25) is 0 Å². The Labute approximate surface area is 159 Å². The molecule has 0 fully saturated rings. The van der Waals surface area contributed by atoms with Crippen LogP contribution in [0, 0.1) is 27.7 Å². The summed E-state index contributed by atoms with van der Waals surface area (Å²) in [6.45, 7) is 8.68. The van der Waals surface area contributed by atoms with Crippen molar-refractivity contribution in [2.24, 2.45) is 0 Å². The number of furan rings is 1. The average molecular weight is 361 g/mol. The van der Waals surface area contributed by atoms with E-state index in [9.17, 15) is 0 Å². The van der Waals surface area contributed by atoms with Crippen LogP contribution in [0.1, 0.15) is 22.3 Å². The van der Waals surface area contributed by atoms with Gasteiger partial charge in [0.05, 0.1) is 0 Å². The highest BCUT2D eigenvalue weighted by Gasteiger charge is 2.20. The van der Waals surface area contributed by atoms with E-state index in [0.717, 1.165) is 32.9 Å². The summed E-state index contributed by atoms with van der Waals surface area (Å²) in [5, 5.41) is 3.00. The molecule has 130 valence electrons. The lowest BCUT2D eigenvalue weighted by atomic mass is 9.91. The van der Waals surface area contributed by atoms with Crippen LogP contribution in [0.5, 0.6) is 0 Å². The molecule has 0 radical (unpaired) electrons. The minimum atomic E-state index is 0.728. The van der Waals surface area contributed by atoms with Gasteiger partial charge in [0.1, 0.15) is 11.5 Å². The molecule has 0 aliphatic carbocycles. The molecule has 26 heavy (non-hydrogen) atoms. The van der Waals surface area contributed by atoms with E-state index in [2.05, 4.69) is 58.0 Å². The minimum absolute atomic E-state index is 0.728. The minimum Gasteiger partial charge on any atom is -0.455 e. The number of fused-ring (bicyclic) bond motifs is 1. The fraction of sp³-hybridized carbons (Fsp3) is 0.167. The third-order valence-corrected chi connectivity index (χ3v) is 5.57. The van der Waals surface area contributed by atoms with E-state index in [4.69, 9.17) is 16.0 Å². The fourth-order valence-corrected chi connectivity index (χ4v) is 3.78. The summed E-state index contributed by atoms with van der Waals surface area (Å²) in [5.74, 6) is 1.84. The molecule has 1 aromatic heterocycles. The maximum Gasteiger partial charge on any atom is 0.143 e. The summed E-state index contributed by atoms with van der Waals surface area (Å²) in [5.41, 5.74) is 7.37. The lowest BCUT2D eigenvalue weighted by Gasteiger charge is -2.14. The van der Waals surface area contributed by atoms with Crippen LogP contribution in [0.25, 0.3) is 33.4 Å². The summed E-state index contributed by atoms with van der Waals surface area (Å²) in [7, 11) is 0. The van der Waals surface area contributed by atoms with Gasteiger partial charge in [-0.05, 0) is 74.2 Å². The van der Waals surface area contributed by atoms with Crippen molar-refractivity contribution in [1.29, 1.82) is 0 Å². The third-order valence-electron chi connectivity index (χ3n) is 5.32. The van der Waals surface area contributed by atoms with Gasteiger partial charge in [-0.2, -0.15) is 0 Å². The van der Waals surface area contributed by atoms with Crippen molar-refractivity contribution in [3.63, 3.8) is 0 Å². The van der Waals surface area contributed by atoms with Gasteiger partial charge in [-0.3, -0.25) is 0 Å². The second-order valence-corrected chi connectivity index (χ2v) is 7.38. The maximum atomic E-state index is 6.51. The van der Waals surface area contributed by atoms with Gasteiger partial charge < -0.3 is 4.42 Å². The van der Waals surface area contributed by atoms with Crippen LogP contribution in [0.2, 0.25) is 5.02 Å². The largest absolute Gasteiger partial charge is 0.455 e. The zero-order valence-corrected chi connectivity index (χ0v) is 16.2. The molecule has 0 saturated heterocycles. The second kappa shape index (κ2) is 6.34. The molecule has 0 amide bonds. The molecule has 1 nitrogen and oxygen atoms in total. The Balaban J connectivity index is 2.06. The normalized spacial score (nSPS) is 11.3. The maximum absolute atomic E-state index is 6.51. The molecular weight excluding hydrogens is 340 g/mol. The monoisotopic (exact) mass is 360 g/mol. The molecule has 0 saturated carbocycles. The standard InChI is InChI=1S/C24H21ClO/c1-14-13-15(2)17(4)22(16(14)3)24-21-8-6-5-7-20(21)23(26-24)18-9-11-19(25)12-10-18/h5-13H,1-4H3. The number of halogens is 1. The van der Waals surface area contributed by atoms with Crippen molar-refractivity contribution in [2.75, 3.05) is 0 Å². The van der Waals surface area contributed by atoms with Gasteiger partial charge in [-0.15, -0.1) is 0 Å². The highest BCUT2D eigenvalue weighted by molar-refractivity contribution is 6.30. The number of rotatable bonds is 2. The van der Waals surface area contributed by atoms with Crippen LogP contribution in [0.3, 0.4) is 0 Å². The highest BCUT2D eigenvalue weighted by Crippen LogP contribution is 2.42. The van der Waals surface area contributed by atoms with Gasteiger partial charge in [0.25, 0.3) is 0 Å². The van der Waals surface area contributed by atoms with Gasteiger partial charge >= 0.3 is 0 Å². The molecule has 0 bridgehead atoms. The molecule has 4 rings (SSSR count). The zero-order valence-electron chi connectivity index (χ0n) is 15.5. The summed E-state index contributed by atoms with van der Waals surface area (Å²) >= 11 is 6.06. The Morgan fingerprint density at radius 2 is 1.23 bits per heavy atom. The van der Waals surface area contributed by atoms with Crippen molar-refractivity contribution in [3.8, 4) is 22.6 Å². The third kappa shape index (κ3) is 2.64. The predicted octanol–water partition coefficient (Wildman–Crippen LogP) is 7.65. The number of hydrogen-bond acceptors (Lipinski definition) is 1. The smallest absolute Gasteiger partial charge is 0.143 e. The van der Waals surface area contributed by atoms with E-state index in [0.29, 0.717) is 0 Å². The predicted molar refractivity (Wildman–Crippen MR) is 111 cm³/mol. The molecule has 0 N–H and O–H groups in total. The van der Waals surface area contributed by atoms with Crippen molar-refractivity contribution in [3.05, 3.63) is 81.9 Å². The lowest BCUT2D eigenvalue weighted by molar-refractivity contribution is 0.601. The lowest BCUT2D eigenvalue weighted by Crippen LogP contribution is -1.94. The van der Waals surface area contributed by atoms with Gasteiger partial charge in [-0.25, -0.2) is 0 Å². The van der Waals surface area contributed by atoms with Crippen LogP contribution in [0.4, 0.5) is 0 Å². The summed E-state index contributed by atoms with van der Waals surface area (Å²) in [4.78, 5) is 0. The Bertz CT molecular complexity index is 1090. The van der Waals surface area contributed by atoms with E-state index in [1.165, 1.54) is 27.8 Å². The molecule has 0 unspecified atom stereocenters. The molecule has 3 aromatic carbocycles. The molecule has 2 heteroatoms. The van der Waals surface area contributed by atoms with Gasteiger partial charge in [-0.1, -0.05) is 41.9 Å². The fourth-order valence-electron chi connectivity index (χ4n) is 3.65. The number of benzene rings is 3. The highest BCUT2D eigenvalue weighted by atomic mass is 35.5. The summed E-state index contributed by atoms with van der Waals surface area (Å²) in [6.07, 6.45) is 0. The van der Waals surface area contributed by atoms with E-state index < -0.39 is 0 Å².